The summed E-state index contributed by atoms with van der Waals surface area (Å²) in [5.41, 5.74) is 1.69. The van der Waals surface area contributed by atoms with E-state index in [1.807, 2.05) is 23.6 Å². The molecule has 2 aromatic heterocycles. The van der Waals surface area contributed by atoms with Gasteiger partial charge in [0.2, 0.25) is 0 Å². The summed E-state index contributed by atoms with van der Waals surface area (Å²) < 4.78 is 0. The molecule has 0 aliphatic carbocycles. The van der Waals surface area contributed by atoms with Crippen LogP contribution in [-0.4, -0.2) is 15.8 Å². The van der Waals surface area contributed by atoms with E-state index in [0.717, 1.165) is 16.4 Å². The van der Waals surface area contributed by atoms with Gasteiger partial charge < -0.3 is 0 Å². The molecule has 0 spiro atoms. The first kappa shape index (κ1) is 9.98. The molecule has 0 saturated heterocycles. The number of ketones is 1. The monoisotopic (exact) mass is 218 g/mol. The van der Waals surface area contributed by atoms with Gasteiger partial charge in [-0.25, -0.2) is 4.98 Å². The first-order valence-corrected chi connectivity index (χ1v) is 5.49. The smallest absolute Gasteiger partial charge is 0.136 e. The fourth-order valence-electron chi connectivity index (χ4n) is 1.24. The molecule has 0 aliphatic rings. The van der Waals surface area contributed by atoms with Crippen LogP contribution in [0.15, 0.2) is 29.8 Å². The summed E-state index contributed by atoms with van der Waals surface area (Å²) in [6.45, 7) is 1.57. The van der Waals surface area contributed by atoms with Gasteiger partial charge in [-0.1, -0.05) is 6.07 Å². The van der Waals surface area contributed by atoms with Crippen molar-refractivity contribution in [1.29, 1.82) is 0 Å². The molecule has 0 bridgehead atoms. The van der Waals surface area contributed by atoms with Gasteiger partial charge in [0.05, 0.1) is 17.8 Å². The van der Waals surface area contributed by atoms with Gasteiger partial charge in [-0.15, -0.1) is 11.3 Å². The summed E-state index contributed by atoms with van der Waals surface area (Å²) in [6, 6.07) is 5.70. The molecule has 2 aromatic rings. The number of carbonyl (C=O) groups is 1. The molecule has 0 unspecified atom stereocenters. The van der Waals surface area contributed by atoms with Crippen LogP contribution in [-0.2, 0) is 11.2 Å². The first-order valence-electron chi connectivity index (χ1n) is 4.61. The van der Waals surface area contributed by atoms with Crippen LogP contribution >= 0.6 is 11.3 Å². The van der Waals surface area contributed by atoms with Crippen LogP contribution in [0.25, 0.3) is 11.4 Å². The molecule has 0 atom stereocenters. The number of thiazole rings is 1. The first-order chi connectivity index (χ1) is 7.25. The second-order valence-electron chi connectivity index (χ2n) is 3.22. The van der Waals surface area contributed by atoms with Crippen LogP contribution in [0.2, 0.25) is 0 Å². The summed E-state index contributed by atoms with van der Waals surface area (Å²) >= 11 is 1.50. The minimum Gasteiger partial charge on any atom is -0.300 e. The summed E-state index contributed by atoms with van der Waals surface area (Å²) in [7, 11) is 0. The Kier molecular flexibility index (Phi) is 2.87. The van der Waals surface area contributed by atoms with Crippen molar-refractivity contribution in [3.8, 4) is 11.4 Å². The van der Waals surface area contributed by atoms with Crippen molar-refractivity contribution in [1.82, 2.24) is 9.97 Å². The molecule has 15 heavy (non-hydrogen) atoms. The van der Waals surface area contributed by atoms with Crippen LogP contribution in [0.4, 0.5) is 0 Å². The molecular weight excluding hydrogens is 208 g/mol. The summed E-state index contributed by atoms with van der Waals surface area (Å²) in [5.74, 6) is 0.136. The Morgan fingerprint density at radius 3 is 2.93 bits per heavy atom. The van der Waals surface area contributed by atoms with E-state index >= 15 is 0 Å². The van der Waals surface area contributed by atoms with Crippen LogP contribution in [0, 0.1) is 0 Å². The van der Waals surface area contributed by atoms with E-state index < -0.39 is 0 Å². The molecule has 0 aromatic carbocycles. The largest absolute Gasteiger partial charge is 0.300 e. The van der Waals surface area contributed by atoms with Gasteiger partial charge in [-0.2, -0.15) is 0 Å². The Morgan fingerprint density at radius 1 is 1.40 bits per heavy atom. The molecule has 4 heteroatoms. The lowest BCUT2D eigenvalue weighted by Crippen LogP contribution is -1.95. The van der Waals surface area contributed by atoms with Crippen molar-refractivity contribution in [2.45, 2.75) is 13.3 Å². The highest BCUT2D eigenvalue weighted by Crippen LogP contribution is 2.19. The van der Waals surface area contributed by atoms with Crippen molar-refractivity contribution in [3.63, 3.8) is 0 Å². The Balaban J connectivity index is 2.24. The van der Waals surface area contributed by atoms with E-state index in [0.29, 0.717) is 6.42 Å². The fraction of sp³-hybridized carbons (Fsp3) is 0.182. The highest BCUT2D eigenvalue weighted by molar-refractivity contribution is 7.10. The van der Waals surface area contributed by atoms with Crippen LogP contribution < -0.4 is 0 Å². The number of hydrogen-bond acceptors (Lipinski definition) is 4. The quantitative estimate of drug-likeness (QED) is 0.794. The van der Waals surface area contributed by atoms with E-state index in [2.05, 4.69) is 9.97 Å². The van der Waals surface area contributed by atoms with Crippen molar-refractivity contribution in [3.05, 3.63) is 34.8 Å². The summed E-state index contributed by atoms with van der Waals surface area (Å²) in [4.78, 5) is 19.5. The molecular formula is C11H10N2OS. The maximum atomic E-state index is 10.9. The molecule has 0 fully saturated rings. The Hall–Kier alpha value is -1.55. The van der Waals surface area contributed by atoms with Gasteiger partial charge in [-0.05, 0) is 19.1 Å². The molecule has 0 aliphatic heterocycles. The van der Waals surface area contributed by atoms with E-state index in [4.69, 9.17) is 0 Å². The lowest BCUT2D eigenvalue weighted by molar-refractivity contribution is -0.116. The SMILES string of the molecule is CC(=O)Cc1nc(-c2ccccn2)cs1. The second-order valence-corrected chi connectivity index (χ2v) is 4.16. The Labute approximate surface area is 91.8 Å². The van der Waals surface area contributed by atoms with Gasteiger partial charge >= 0.3 is 0 Å². The van der Waals surface area contributed by atoms with Crippen molar-refractivity contribution >= 4 is 17.1 Å². The number of pyridine rings is 1. The van der Waals surface area contributed by atoms with Crippen LogP contribution in [0.3, 0.4) is 0 Å². The average molecular weight is 218 g/mol. The minimum atomic E-state index is 0.136. The van der Waals surface area contributed by atoms with Crippen LogP contribution in [0.5, 0.6) is 0 Å². The van der Waals surface area contributed by atoms with Crippen molar-refractivity contribution in [2.24, 2.45) is 0 Å². The van der Waals surface area contributed by atoms with Gasteiger partial charge in [0.15, 0.2) is 0 Å². The van der Waals surface area contributed by atoms with Gasteiger partial charge in [0.1, 0.15) is 10.8 Å². The summed E-state index contributed by atoms with van der Waals surface area (Å²) in [5, 5.41) is 2.78. The zero-order valence-corrected chi connectivity index (χ0v) is 9.12. The van der Waals surface area contributed by atoms with E-state index in [-0.39, 0.29) is 5.78 Å². The van der Waals surface area contributed by atoms with Crippen molar-refractivity contribution in [2.75, 3.05) is 0 Å². The van der Waals surface area contributed by atoms with E-state index in [1.54, 1.807) is 13.1 Å². The lowest BCUT2D eigenvalue weighted by atomic mass is 10.3. The fourth-order valence-corrected chi connectivity index (χ4v) is 2.10. The highest BCUT2D eigenvalue weighted by atomic mass is 32.1. The predicted molar refractivity (Wildman–Crippen MR) is 59.7 cm³/mol. The molecule has 76 valence electrons. The van der Waals surface area contributed by atoms with Crippen molar-refractivity contribution < 1.29 is 4.79 Å². The maximum Gasteiger partial charge on any atom is 0.136 e. The van der Waals surface area contributed by atoms with E-state index in [9.17, 15) is 4.79 Å². The van der Waals surface area contributed by atoms with Gasteiger partial charge in [-0.3, -0.25) is 9.78 Å². The third-order valence-corrected chi connectivity index (χ3v) is 2.73. The molecule has 0 saturated carbocycles. The normalized spacial score (nSPS) is 10.2. The molecule has 0 radical (unpaired) electrons. The number of aromatic nitrogens is 2. The molecule has 2 heterocycles. The molecule has 2 rings (SSSR count). The number of nitrogens with zero attached hydrogens (tertiary/aromatic N) is 2. The Morgan fingerprint density at radius 2 is 2.27 bits per heavy atom. The third kappa shape index (κ3) is 2.47. The minimum absolute atomic E-state index is 0.136. The lowest BCUT2D eigenvalue weighted by Gasteiger charge is -1.93. The molecule has 0 amide bonds. The zero-order chi connectivity index (χ0) is 10.7. The number of carbonyl (C=O) groups excluding carboxylic acids is 1. The summed E-state index contributed by atoms with van der Waals surface area (Å²) in [6.07, 6.45) is 2.15. The zero-order valence-electron chi connectivity index (χ0n) is 8.30. The topological polar surface area (TPSA) is 42.9 Å². The third-order valence-electron chi connectivity index (χ3n) is 1.88. The Bertz CT molecular complexity index is 464. The van der Waals surface area contributed by atoms with Crippen LogP contribution in [0.1, 0.15) is 11.9 Å². The predicted octanol–water partition coefficient (Wildman–Crippen LogP) is 2.34. The van der Waals surface area contributed by atoms with E-state index in [1.165, 1.54) is 11.3 Å². The standard InChI is InChI=1S/C11H10N2OS/c1-8(14)6-11-13-10(7-15-11)9-4-2-3-5-12-9/h2-5,7H,6H2,1H3. The van der Waals surface area contributed by atoms with Gasteiger partial charge in [0, 0.05) is 11.6 Å². The number of hydrogen-bond donors (Lipinski definition) is 0. The molecule has 0 N–H and O–H groups in total. The second kappa shape index (κ2) is 4.31. The number of Topliss-reactive ketones (excluding diaryl/α,β-unsaturated/α-hetero) is 1. The maximum absolute atomic E-state index is 10.9. The number of rotatable bonds is 3. The molecule has 3 nitrogen and oxygen atoms in total. The average Bonchev–Trinajstić information content (AvgIpc) is 2.67. The van der Waals surface area contributed by atoms with Gasteiger partial charge in [0.25, 0.3) is 0 Å². The highest BCUT2D eigenvalue weighted by Gasteiger charge is 2.06.